The van der Waals surface area contributed by atoms with Crippen LogP contribution in [0.4, 0.5) is 13.2 Å². The Labute approximate surface area is 79.4 Å². The van der Waals surface area contributed by atoms with Crippen molar-refractivity contribution < 1.29 is 18.3 Å². The van der Waals surface area contributed by atoms with Crippen LogP contribution in [-0.4, -0.2) is 10.1 Å². The summed E-state index contributed by atoms with van der Waals surface area (Å²) in [6, 6.07) is 0.942. The first-order valence-corrected chi connectivity index (χ1v) is 4.01. The lowest BCUT2D eigenvalue weighted by Crippen LogP contribution is -2.11. The van der Waals surface area contributed by atoms with E-state index >= 15 is 0 Å². The minimum absolute atomic E-state index is 0.0628. The lowest BCUT2D eigenvalue weighted by molar-refractivity contribution is -0.138. The number of alkyl halides is 3. The number of pyridine rings is 1. The van der Waals surface area contributed by atoms with Crippen LogP contribution >= 0.6 is 0 Å². The molecule has 0 unspecified atom stereocenters. The Balaban J connectivity index is 3.32. The third kappa shape index (κ3) is 2.04. The SMILES string of the molecule is Cc1nc(C)c(C(F)(F)F)cc1CO. The first-order valence-electron chi connectivity index (χ1n) is 4.01. The van der Waals surface area contributed by atoms with Crippen LogP contribution in [0.3, 0.4) is 0 Å². The fraction of sp³-hybridized carbons (Fsp3) is 0.444. The highest BCUT2D eigenvalue weighted by molar-refractivity contribution is 5.31. The summed E-state index contributed by atoms with van der Waals surface area (Å²) in [4.78, 5) is 3.73. The highest BCUT2D eigenvalue weighted by Crippen LogP contribution is 2.32. The van der Waals surface area contributed by atoms with Crippen LogP contribution in [-0.2, 0) is 12.8 Å². The van der Waals surface area contributed by atoms with Crippen molar-refractivity contribution in [1.29, 1.82) is 0 Å². The maximum absolute atomic E-state index is 12.4. The zero-order valence-corrected chi connectivity index (χ0v) is 7.81. The molecule has 1 N–H and O–H groups in total. The molecule has 1 heterocycles. The van der Waals surface area contributed by atoms with Crippen LogP contribution < -0.4 is 0 Å². The number of hydrogen-bond acceptors (Lipinski definition) is 2. The fourth-order valence-electron chi connectivity index (χ4n) is 1.21. The minimum atomic E-state index is -4.41. The van der Waals surface area contributed by atoms with Crippen molar-refractivity contribution in [2.75, 3.05) is 0 Å². The number of halogens is 3. The van der Waals surface area contributed by atoms with E-state index in [1.165, 1.54) is 6.92 Å². The van der Waals surface area contributed by atoms with Crippen LogP contribution in [0, 0.1) is 13.8 Å². The summed E-state index contributed by atoms with van der Waals surface area (Å²) >= 11 is 0. The average molecular weight is 205 g/mol. The molecule has 1 aromatic heterocycles. The standard InChI is InChI=1S/C9H10F3NO/c1-5-7(4-14)3-8(6(2)13-5)9(10,11)12/h3,14H,4H2,1-2H3. The zero-order valence-electron chi connectivity index (χ0n) is 7.81. The Kier molecular flexibility index (Phi) is 2.80. The van der Waals surface area contributed by atoms with Crippen molar-refractivity contribution in [2.24, 2.45) is 0 Å². The molecule has 0 aliphatic carbocycles. The first-order chi connectivity index (χ1) is 6.36. The molecule has 0 amide bonds. The highest BCUT2D eigenvalue weighted by Gasteiger charge is 2.33. The van der Waals surface area contributed by atoms with Gasteiger partial charge >= 0.3 is 6.18 Å². The quantitative estimate of drug-likeness (QED) is 0.762. The molecule has 1 rings (SSSR count). The molecular weight excluding hydrogens is 195 g/mol. The molecule has 0 aromatic carbocycles. The van der Waals surface area contributed by atoms with Crippen LogP contribution in [0.25, 0.3) is 0 Å². The minimum Gasteiger partial charge on any atom is -0.392 e. The summed E-state index contributed by atoms with van der Waals surface area (Å²) in [6.45, 7) is 2.44. The highest BCUT2D eigenvalue weighted by atomic mass is 19.4. The number of aliphatic hydroxyl groups excluding tert-OH is 1. The van der Waals surface area contributed by atoms with Crippen LogP contribution in [0.5, 0.6) is 0 Å². The topological polar surface area (TPSA) is 33.1 Å². The zero-order chi connectivity index (χ0) is 10.9. The van der Waals surface area contributed by atoms with E-state index in [0.717, 1.165) is 6.07 Å². The Bertz CT molecular complexity index is 347. The lowest BCUT2D eigenvalue weighted by atomic mass is 10.1. The normalized spacial score (nSPS) is 11.9. The van der Waals surface area contributed by atoms with Gasteiger partial charge in [-0.3, -0.25) is 4.98 Å². The van der Waals surface area contributed by atoms with Gasteiger partial charge in [0.15, 0.2) is 0 Å². The van der Waals surface area contributed by atoms with E-state index in [4.69, 9.17) is 5.11 Å². The number of rotatable bonds is 1. The van der Waals surface area contributed by atoms with Gasteiger partial charge in [-0.25, -0.2) is 0 Å². The molecule has 0 radical (unpaired) electrons. The first kappa shape index (κ1) is 11.0. The van der Waals surface area contributed by atoms with Crippen molar-refractivity contribution in [2.45, 2.75) is 26.6 Å². The predicted octanol–water partition coefficient (Wildman–Crippen LogP) is 2.21. The maximum atomic E-state index is 12.4. The van der Waals surface area contributed by atoms with E-state index in [0.29, 0.717) is 5.69 Å². The number of aliphatic hydroxyl groups is 1. The Morgan fingerprint density at radius 1 is 1.29 bits per heavy atom. The maximum Gasteiger partial charge on any atom is 0.418 e. The van der Waals surface area contributed by atoms with Gasteiger partial charge in [0.05, 0.1) is 12.2 Å². The number of aromatic nitrogens is 1. The lowest BCUT2D eigenvalue weighted by Gasteiger charge is -2.12. The Morgan fingerprint density at radius 3 is 2.29 bits per heavy atom. The molecule has 1 aromatic rings. The molecule has 0 saturated carbocycles. The van der Waals surface area contributed by atoms with Gasteiger partial charge in [0.25, 0.3) is 0 Å². The molecule has 0 atom stereocenters. The summed E-state index contributed by atoms with van der Waals surface area (Å²) in [5.41, 5.74) is -0.208. The molecule has 78 valence electrons. The van der Waals surface area contributed by atoms with Crippen molar-refractivity contribution in [1.82, 2.24) is 4.98 Å². The van der Waals surface area contributed by atoms with E-state index < -0.39 is 18.3 Å². The summed E-state index contributed by atoms with van der Waals surface area (Å²) in [7, 11) is 0. The molecule has 0 spiro atoms. The molecule has 0 bridgehead atoms. The second kappa shape index (κ2) is 3.57. The summed E-state index contributed by atoms with van der Waals surface area (Å²) in [5.74, 6) is 0. The van der Waals surface area contributed by atoms with Gasteiger partial charge in [-0.1, -0.05) is 0 Å². The number of hydrogen-bond donors (Lipinski definition) is 1. The van der Waals surface area contributed by atoms with E-state index in [9.17, 15) is 13.2 Å². The molecule has 0 saturated heterocycles. The summed E-state index contributed by atoms with van der Waals surface area (Å²) < 4.78 is 37.1. The summed E-state index contributed by atoms with van der Waals surface area (Å²) in [5, 5.41) is 8.79. The third-order valence-corrected chi connectivity index (χ3v) is 1.98. The Morgan fingerprint density at radius 2 is 1.86 bits per heavy atom. The van der Waals surface area contributed by atoms with Crippen molar-refractivity contribution >= 4 is 0 Å². The number of nitrogens with zero attached hydrogens (tertiary/aromatic N) is 1. The van der Waals surface area contributed by atoms with Gasteiger partial charge in [0.1, 0.15) is 0 Å². The van der Waals surface area contributed by atoms with E-state index in [1.807, 2.05) is 0 Å². The van der Waals surface area contributed by atoms with Crippen LogP contribution in [0.1, 0.15) is 22.5 Å². The Hall–Kier alpha value is -1.10. The smallest absolute Gasteiger partial charge is 0.392 e. The second-order valence-electron chi connectivity index (χ2n) is 3.02. The monoisotopic (exact) mass is 205 g/mol. The van der Waals surface area contributed by atoms with Crippen molar-refractivity contribution in [3.8, 4) is 0 Å². The molecular formula is C9H10F3NO. The summed E-state index contributed by atoms with van der Waals surface area (Å²) in [6.07, 6.45) is -4.41. The van der Waals surface area contributed by atoms with E-state index in [1.54, 1.807) is 6.92 Å². The third-order valence-electron chi connectivity index (χ3n) is 1.98. The van der Waals surface area contributed by atoms with Gasteiger partial charge in [-0.05, 0) is 25.5 Å². The van der Waals surface area contributed by atoms with Gasteiger partial charge in [-0.15, -0.1) is 0 Å². The molecule has 2 nitrogen and oxygen atoms in total. The largest absolute Gasteiger partial charge is 0.418 e. The van der Waals surface area contributed by atoms with Gasteiger partial charge in [0.2, 0.25) is 0 Å². The van der Waals surface area contributed by atoms with Gasteiger partial charge < -0.3 is 5.11 Å². The molecule has 0 fully saturated rings. The van der Waals surface area contributed by atoms with E-state index in [2.05, 4.69) is 4.98 Å². The average Bonchev–Trinajstić information content (AvgIpc) is 2.02. The van der Waals surface area contributed by atoms with E-state index in [-0.39, 0.29) is 11.3 Å². The second-order valence-corrected chi connectivity index (χ2v) is 3.02. The number of aryl methyl sites for hydroxylation is 2. The molecule has 14 heavy (non-hydrogen) atoms. The van der Waals surface area contributed by atoms with Crippen LogP contribution in [0.15, 0.2) is 6.07 Å². The van der Waals surface area contributed by atoms with Gasteiger partial charge in [0, 0.05) is 11.4 Å². The predicted molar refractivity (Wildman–Crippen MR) is 44.6 cm³/mol. The molecule has 0 aliphatic rings. The van der Waals surface area contributed by atoms with Crippen molar-refractivity contribution in [3.63, 3.8) is 0 Å². The van der Waals surface area contributed by atoms with Gasteiger partial charge in [-0.2, -0.15) is 13.2 Å². The fourth-order valence-corrected chi connectivity index (χ4v) is 1.21. The molecule has 0 aliphatic heterocycles. The van der Waals surface area contributed by atoms with Crippen molar-refractivity contribution in [3.05, 3.63) is 28.6 Å². The van der Waals surface area contributed by atoms with Crippen LogP contribution in [0.2, 0.25) is 0 Å². The molecule has 5 heteroatoms.